The normalized spacial score (nSPS) is 14.3. The Labute approximate surface area is 389 Å². The Hall–Kier alpha value is -4.75. The van der Waals surface area contributed by atoms with Gasteiger partial charge >= 0.3 is 0 Å². The molecule has 2 aliphatic rings. The van der Waals surface area contributed by atoms with Gasteiger partial charge in [-0.15, -0.1) is 0 Å². The van der Waals surface area contributed by atoms with Crippen molar-refractivity contribution in [2.45, 2.75) is 0 Å². The third-order valence-electron chi connectivity index (χ3n) is 11.6. The topological polar surface area (TPSA) is 0 Å². The zero-order chi connectivity index (χ0) is 41.5. The molecule has 0 unspecified atom stereocenters. The lowest BCUT2D eigenvalue weighted by molar-refractivity contribution is 1.72. The zero-order valence-corrected chi connectivity index (χ0v) is 41.9. The third kappa shape index (κ3) is 8.89. The van der Waals surface area contributed by atoms with Crippen LogP contribution in [0.25, 0.3) is 0 Å². The lowest BCUT2D eigenvalue weighted by atomic mass is 10.4. The van der Waals surface area contributed by atoms with E-state index in [1.165, 1.54) is 50.0 Å². The van der Waals surface area contributed by atoms with E-state index in [4.69, 9.17) is 0 Å². The molecule has 8 aromatic rings. The van der Waals surface area contributed by atoms with Gasteiger partial charge in [0.2, 0.25) is 0 Å². The summed E-state index contributed by atoms with van der Waals surface area (Å²) in [6.07, 6.45) is 0. The Kier molecular flexibility index (Phi) is 13.1. The van der Waals surface area contributed by atoms with Crippen LogP contribution >= 0.6 is 47.0 Å². The van der Waals surface area contributed by atoms with Crippen molar-refractivity contribution in [1.29, 1.82) is 0 Å². The highest BCUT2D eigenvalue weighted by Gasteiger charge is 2.42. The van der Waals surface area contributed by atoms with Crippen molar-refractivity contribution in [3.63, 3.8) is 0 Å². The molecule has 0 saturated carbocycles. The minimum Gasteiger partial charge on any atom is -0.0891 e. The Morgan fingerprint density at radius 3 is 0.435 bits per heavy atom. The number of benzene rings is 8. The molecule has 0 aliphatic carbocycles. The standard InChI is InChI=1S/C54H44S4Si4/c1-9-25-41(26-10-1)59(42-27-11-2-12-28-42)51-52(60(43-29-13-3-14-30-43)44-31-15-4-16-32-44)56-49(55-51)50-57-53(61(45-33-17-5-18-34-45)46-35-19-6-20-36-46)54(58-50)62(47-37-21-7-22-38-47)48-39-23-8-24-40-48/h1-40,59-62H. The summed E-state index contributed by atoms with van der Waals surface area (Å²) in [6, 6.07) is 91.7. The fourth-order valence-corrected chi connectivity index (χ4v) is 34.9. The summed E-state index contributed by atoms with van der Waals surface area (Å²) >= 11 is 8.49. The molecule has 0 bridgehead atoms. The fraction of sp³-hybridized carbons (Fsp3) is 0. The number of rotatable bonds is 12. The molecule has 10 rings (SSSR count). The summed E-state index contributed by atoms with van der Waals surface area (Å²) < 4.78 is 9.42. The van der Waals surface area contributed by atoms with Crippen LogP contribution in [0.5, 0.6) is 0 Å². The molecule has 0 nitrogen and oxygen atoms in total. The maximum absolute atomic E-state index is 2.40. The highest BCUT2D eigenvalue weighted by atomic mass is 32.2. The van der Waals surface area contributed by atoms with Crippen molar-refractivity contribution >= 4 is 124 Å². The smallest absolute Gasteiger partial charge is 0.0891 e. The maximum Gasteiger partial charge on any atom is 0.141 e. The Morgan fingerprint density at radius 2 is 0.306 bits per heavy atom. The van der Waals surface area contributed by atoms with Gasteiger partial charge in [0, 0.05) is 0 Å². The van der Waals surface area contributed by atoms with Crippen LogP contribution in [0.4, 0.5) is 0 Å². The van der Waals surface area contributed by atoms with Crippen molar-refractivity contribution in [3.05, 3.63) is 269 Å². The van der Waals surface area contributed by atoms with E-state index in [1.54, 1.807) is 18.1 Å². The third-order valence-corrected chi connectivity index (χ3v) is 34.2. The van der Waals surface area contributed by atoms with E-state index in [9.17, 15) is 0 Å². The molecule has 2 aliphatic heterocycles. The molecule has 0 spiro atoms. The molecule has 300 valence electrons. The van der Waals surface area contributed by atoms with E-state index in [0.717, 1.165) is 0 Å². The van der Waals surface area contributed by atoms with Crippen LogP contribution in [-0.4, -0.2) is 35.2 Å². The summed E-state index contributed by atoms with van der Waals surface area (Å²) in [4.78, 5) is 0. The minimum absolute atomic E-state index is 1.47. The van der Waals surface area contributed by atoms with Gasteiger partial charge in [-0.05, 0) is 18.1 Å². The molecule has 0 saturated heterocycles. The van der Waals surface area contributed by atoms with Crippen LogP contribution in [0.3, 0.4) is 0 Å². The highest BCUT2D eigenvalue weighted by molar-refractivity contribution is 8.36. The molecule has 8 heteroatoms. The SMILES string of the molecule is c1ccc([SiH](C2=C([SiH](c3ccccc3)c3ccccc3)SC(=C3SC([SiH](c4ccccc4)c4ccccc4)=C([SiH](c4ccccc4)c4ccccc4)S3)S2)c2ccccc2)cc1. The average molecular weight is 934 g/mol. The van der Waals surface area contributed by atoms with Crippen LogP contribution in [0.15, 0.2) is 269 Å². The monoisotopic (exact) mass is 932 g/mol. The highest BCUT2D eigenvalue weighted by Crippen LogP contribution is 2.61. The summed E-state index contributed by atoms with van der Waals surface area (Å²) in [5.41, 5.74) is 0. The molecule has 2 heterocycles. The van der Waals surface area contributed by atoms with E-state index in [1.807, 2.05) is 0 Å². The van der Waals surface area contributed by atoms with Crippen molar-refractivity contribution < 1.29 is 0 Å². The predicted molar refractivity (Wildman–Crippen MR) is 289 cm³/mol. The molecule has 8 aromatic carbocycles. The number of hydrogen-bond donors (Lipinski definition) is 0. The molecular formula is C54H44S4Si4. The molecule has 0 N–H and O–H groups in total. The summed E-state index contributed by atoms with van der Waals surface area (Å²) in [5.74, 6) is 0. The quantitative estimate of drug-likeness (QED) is 0.115. The van der Waals surface area contributed by atoms with E-state index in [0.29, 0.717) is 0 Å². The molecule has 0 atom stereocenters. The van der Waals surface area contributed by atoms with Gasteiger partial charge in [-0.1, -0.05) is 331 Å². The van der Waals surface area contributed by atoms with E-state index < -0.39 is 35.2 Å². The van der Waals surface area contributed by atoms with Crippen molar-refractivity contribution in [3.8, 4) is 0 Å². The zero-order valence-electron chi connectivity index (χ0n) is 34.0. The maximum atomic E-state index is 2.40. The first-order chi connectivity index (χ1) is 30.8. The molecule has 0 fully saturated rings. The Bertz CT molecular complexity index is 2280. The molecule has 62 heavy (non-hydrogen) atoms. The second-order valence-electron chi connectivity index (χ2n) is 15.5. The average Bonchev–Trinajstić information content (AvgIpc) is 3.97. The van der Waals surface area contributed by atoms with E-state index in [2.05, 4.69) is 290 Å². The molecule has 0 aromatic heterocycles. The van der Waals surface area contributed by atoms with Gasteiger partial charge in [-0.25, -0.2) is 0 Å². The first kappa shape index (κ1) is 41.3. The lowest BCUT2D eigenvalue weighted by Crippen LogP contribution is -2.48. The van der Waals surface area contributed by atoms with Crippen LogP contribution in [-0.2, 0) is 0 Å². The van der Waals surface area contributed by atoms with Crippen LogP contribution in [0.2, 0.25) is 0 Å². The lowest BCUT2D eigenvalue weighted by Gasteiger charge is -2.23. The number of hydrogen-bond acceptors (Lipinski definition) is 4. The molecular weight excluding hydrogens is 889 g/mol. The first-order valence-electron chi connectivity index (χ1n) is 21.1. The minimum atomic E-state index is -1.90. The second kappa shape index (κ2) is 19.7. The summed E-state index contributed by atoms with van der Waals surface area (Å²) in [5, 5.41) is 11.8. The van der Waals surface area contributed by atoms with Crippen molar-refractivity contribution in [1.82, 2.24) is 0 Å². The molecule has 0 radical (unpaired) electrons. The van der Waals surface area contributed by atoms with Gasteiger partial charge < -0.3 is 0 Å². The van der Waals surface area contributed by atoms with Gasteiger partial charge in [0.15, 0.2) is 0 Å². The van der Waals surface area contributed by atoms with E-state index >= 15 is 0 Å². The number of thioether (sulfide) groups is 4. The van der Waals surface area contributed by atoms with Gasteiger partial charge in [-0.3, -0.25) is 0 Å². The predicted octanol–water partition coefficient (Wildman–Crippen LogP) is 7.82. The van der Waals surface area contributed by atoms with Crippen molar-refractivity contribution in [2.75, 3.05) is 0 Å². The fourth-order valence-electron chi connectivity index (χ4n) is 8.76. The summed E-state index contributed by atoms with van der Waals surface area (Å²) in [6.45, 7) is 0. The van der Waals surface area contributed by atoms with Crippen LogP contribution in [0.1, 0.15) is 0 Å². The van der Waals surface area contributed by atoms with Gasteiger partial charge in [0.25, 0.3) is 0 Å². The van der Waals surface area contributed by atoms with Crippen LogP contribution < -0.4 is 41.5 Å². The van der Waals surface area contributed by atoms with Crippen molar-refractivity contribution in [2.24, 2.45) is 0 Å². The Morgan fingerprint density at radius 1 is 0.177 bits per heavy atom. The van der Waals surface area contributed by atoms with Gasteiger partial charge in [-0.2, -0.15) is 0 Å². The van der Waals surface area contributed by atoms with Crippen LogP contribution in [0, 0.1) is 0 Å². The Balaban J connectivity index is 1.19. The van der Waals surface area contributed by atoms with E-state index in [-0.39, 0.29) is 0 Å². The summed E-state index contributed by atoms with van der Waals surface area (Å²) in [7, 11) is -7.62. The largest absolute Gasteiger partial charge is 0.141 e. The van der Waals surface area contributed by atoms with Gasteiger partial charge in [0.05, 0.1) is 8.47 Å². The first-order valence-corrected chi connectivity index (χ1v) is 31.3. The van der Waals surface area contributed by atoms with Gasteiger partial charge in [0.1, 0.15) is 35.2 Å². The second-order valence-corrected chi connectivity index (χ2v) is 33.0. The molecule has 0 amide bonds.